The molecule has 1 heterocycles. The van der Waals surface area contributed by atoms with E-state index < -0.39 is 5.82 Å². The van der Waals surface area contributed by atoms with Crippen molar-refractivity contribution in [2.45, 2.75) is 47.6 Å². The SMILES string of the molecule is C=C(/C=C\C(=C(/C)OCC)c1ccc(CC(=O)NCc2cc(F)cc(OCC(C)C)c2)nc1)OCC. The van der Waals surface area contributed by atoms with E-state index in [4.69, 9.17) is 14.2 Å². The molecule has 36 heavy (non-hydrogen) atoms. The van der Waals surface area contributed by atoms with E-state index in [1.54, 1.807) is 24.4 Å². The third kappa shape index (κ3) is 9.94. The summed E-state index contributed by atoms with van der Waals surface area (Å²) in [6.45, 7) is 15.4. The summed E-state index contributed by atoms with van der Waals surface area (Å²) in [6, 6.07) is 8.17. The van der Waals surface area contributed by atoms with Gasteiger partial charge in [-0.1, -0.05) is 26.5 Å². The molecule has 7 heteroatoms. The molecule has 0 aliphatic heterocycles. The summed E-state index contributed by atoms with van der Waals surface area (Å²) in [5, 5.41) is 2.82. The number of hydrogen-bond donors (Lipinski definition) is 1. The van der Waals surface area contributed by atoms with Gasteiger partial charge in [0.15, 0.2) is 0 Å². The first kappa shape index (κ1) is 28.6. The van der Waals surface area contributed by atoms with Crippen LogP contribution in [-0.4, -0.2) is 30.7 Å². The molecule has 0 saturated heterocycles. The molecule has 0 atom stereocenters. The molecule has 194 valence electrons. The molecule has 0 bridgehead atoms. The number of pyridine rings is 1. The maximum Gasteiger partial charge on any atom is 0.226 e. The van der Waals surface area contributed by atoms with Crippen molar-refractivity contribution in [1.82, 2.24) is 10.3 Å². The van der Waals surface area contributed by atoms with Gasteiger partial charge >= 0.3 is 0 Å². The van der Waals surface area contributed by atoms with E-state index in [9.17, 15) is 9.18 Å². The first-order chi connectivity index (χ1) is 17.2. The first-order valence-electron chi connectivity index (χ1n) is 12.2. The molecule has 1 N–H and O–H groups in total. The van der Waals surface area contributed by atoms with Crippen molar-refractivity contribution in [2.75, 3.05) is 19.8 Å². The predicted octanol–water partition coefficient (Wildman–Crippen LogP) is 5.99. The number of amides is 1. The number of aromatic nitrogens is 1. The fourth-order valence-corrected chi connectivity index (χ4v) is 3.31. The highest BCUT2D eigenvalue weighted by Gasteiger charge is 2.10. The number of carbonyl (C=O) groups excluding carboxylic acids is 1. The summed E-state index contributed by atoms with van der Waals surface area (Å²) in [5.41, 5.74) is 2.95. The van der Waals surface area contributed by atoms with E-state index in [0.717, 1.165) is 16.9 Å². The van der Waals surface area contributed by atoms with Gasteiger partial charge in [-0.05, 0) is 62.6 Å². The van der Waals surface area contributed by atoms with E-state index in [1.807, 2.05) is 46.8 Å². The maximum absolute atomic E-state index is 13.9. The van der Waals surface area contributed by atoms with Gasteiger partial charge in [0, 0.05) is 35.6 Å². The van der Waals surface area contributed by atoms with Gasteiger partial charge in [-0.15, -0.1) is 0 Å². The Hall–Kier alpha value is -3.61. The second-order valence-electron chi connectivity index (χ2n) is 8.63. The maximum atomic E-state index is 13.9. The molecule has 1 amide bonds. The van der Waals surface area contributed by atoms with Crippen molar-refractivity contribution in [3.63, 3.8) is 0 Å². The molecule has 0 radical (unpaired) electrons. The van der Waals surface area contributed by atoms with Crippen molar-refractivity contribution < 1.29 is 23.4 Å². The van der Waals surface area contributed by atoms with Crippen LogP contribution in [0, 0.1) is 11.7 Å². The van der Waals surface area contributed by atoms with Crippen LogP contribution in [0.1, 0.15) is 51.4 Å². The Morgan fingerprint density at radius 1 is 1.14 bits per heavy atom. The van der Waals surface area contributed by atoms with Crippen LogP contribution in [0.15, 0.2) is 66.8 Å². The van der Waals surface area contributed by atoms with Gasteiger partial charge in [0.2, 0.25) is 5.91 Å². The zero-order valence-electron chi connectivity index (χ0n) is 21.9. The lowest BCUT2D eigenvalue weighted by Crippen LogP contribution is -2.25. The number of carbonyl (C=O) groups is 1. The molecular formula is C29H37FN2O4. The highest BCUT2D eigenvalue weighted by atomic mass is 19.1. The number of allylic oxidation sites excluding steroid dienone is 4. The quantitative estimate of drug-likeness (QED) is 0.257. The third-order valence-electron chi connectivity index (χ3n) is 4.99. The Morgan fingerprint density at radius 3 is 2.53 bits per heavy atom. The monoisotopic (exact) mass is 496 g/mol. The van der Waals surface area contributed by atoms with Crippen LogP contribution in [0.2, 0.25) is 0 Å². The van der Waals surface area contributed by atoms with Crippen LogP contribution in [0.3, 0.4) is 0 Å². The second-order valence-corrected chi connectivity index (χ2v) is 8.63. The van der Waals surface area contributed by atoms with E-state index in [0.29, 0.717) is 48.5 Å². The van der Waals surface area contributed by atoms with Crippen LogP contribution in [0.25, 0.3) is 5.57 Å². The smallest absolute Gasteiger partial charge is 0.226 e. The van der Waals surface area contributed by atoms with Gasteiger partial charge in [0.1, 0.15) is 23.1 Å². The van der Waals surface area contributed by atoms with Crippen molar-refractivity contribution in [3.05, 3.63) is 89.4 Å². The third-order valence-corrected chi connectivity index (χ3v) is 4.99. The number of nitrogens with one attached hydrogen (secondary N) is 1. The minimum absolute atomic E-state index is 0.104. The minimum atomic E-state index is -0.400. The standard InChI is InChI=1S/C29H37FN2O4/c1-7-34-21(5)9-12-28(22(6)35-8-2)24-10-11-26(31-18-24)16-29(33)32-17-23-13-25(30)15-27(14-23)36-19-20(3)4/h9-15,18,20H,5,7-8,16-17,19H2,1-4,6H3,(H,32,33)/b12-9-,28-22-. The molecule has 1 aromatic heterocycles. The van der Waals surface area contributed by atoms with Crippen LogP contribution < -0.4 is 10.1 Å². The molecule has 2 aromatic rings. The number of rotatable bonds is 14. The molecule has 0 saturated carbocycles. The average Bonchev–Trinajstić information content (AvgIpc) is 2.82. The topological polar surface area (TPSA) is 69.7 Å². The molecule has 0 fully saturated rings. The lowest BCUT2D eigenvalue weighted by Gasteiger charge is -2.12. The molecular weight excluding hydrogens is 459 g/mol. The first-order valence-corrected chi connectivity index (χ1v) is 12.2. The number of hydrogen-bond acceptors (Lipinski definition) is 5. The Bertz CT molecular complexity index is 1080. The summed E-state index contributed by atoms with van der Waals surface area (Å²) in [6.07, 6.45) is 5.48. The van der Waals surface area contributed by atoms with Crippen molar-refractivity contribution in [3.8, 4) is 5.75 Å². The van der Waals surface area contributed by atoms with E-state index >= 15 is 0 Å². The summed E-state index contributed by atoms with van der Waals surface area (Å²) >= 11 is 0. The van der Waals surface area contributed by atoms with Crippen LogP contribution in [0.4, 0.5) is 4.39 Å². The van der Waals surface area contributed by atoms with Gasteiger partial charge < -0.3 is 19.5 Å². The van der Waals surface area contributed by atoms with Gasteiger partial charge in [-0.2, -0.15) is 0 Å². The summed E-state index contributed by atoms with van der Waals surface area (Å²) < 4.78 is 30.6. The molecule has 1 aromatic carbocycles. The van der Waals surface area contributed by atoms with Crippen LogP contribution >= 0.6 is 0 Å². The predicted molar refractivity (Wildman–Crippen MR) is 141 cm³/mol. The fraction of sp³-hybridized carbons (Fsp3) is 0.379. The van der Waals surface area contributed by atoms with Gasteiger partial charge in [0.05, 0.1) is 26.2 Å². The lowest BCUT2D eigenvalue weighted by molar-refractivity contribution is -0.120. The number of nitrogens with zero attached hydrogens (tertiary/aromatic N) is 1. The number of ether oxygens (including phenoxy) is 3. The summed E-state index contributed by atoms with van der Waals surface area (Å²) in [7, 11) is 0. The van der Waals surface area contributed by atoms with Gasteiger partial charge in [0.25, 0.3) is 0 Å². The Balaban J connectivity index is 2.03. The highest BCUT2D eigenvalue weighted by Crippen LogP contribution is 2.22. The highest BCUT2D eigenvalue weighted by molar-refractivity contribution is 5.79. The Kier molecular flexibility index (Phi) is 11.7. The Morgan fingerprint density at radius 2 is 1.89 bits per heavy atom. The molecule has 0 aliphatic rings. The van der Waals surface area contributed by atoms with Crippen LogP contribution in [-0.2, 0) is 27.2 Å². The fourth-order valence-electron chi connectivity index (χ4n) is 3.31. The lowest BCUT2D eigenvalue weighted by atomic mass is 10.1. The van der Waals surface area contributed by atoms with Crippen molar-refractivity contribution >= 4 is 11.5 Å². The van der Waals surface area contributed by atoms with Crippen LogP contribution in [0.5, 0.6) is 5.75 Å². The molecule has 2 rings (SSSR count). The summed E-state index contributed by atoms with van der Waals surface area (Å²) in [4.78, 5) is 16.9. The molecule has 0 aliphatic carbocycles. The van der Waals surface area contributed by atoms with Gasteiger partial charge in [-0.3, -0.25) is 9.78 Å². The largest absolute Gasteiger partial charge is 0.498 e. The van der Waals surface area contributed by atoms with Crippen molar-refractivity contribution in [2.24, 2.45) is 5.92 Å². The van der Waals surface area contributed by atoms with E-state index in [2.05, 4.69) is 16.9 Å². The van der Waals surface area contributed by atoms with Crippen molar-refractivity contribution in [1.29, 1.82) is 0 Å². The minimum Gasteiger partial charge on any atom is -0.498 e. The van der Waals surface area contributed by atoms with E-state index in [1.165, 1.54) is 12.1 Å². The molecule has 6 nitrogen and oxygen atoms in total. The zero-order valence-corrected chi connectivity index (χ0v) is 21.9. The Labute approximate surface area is 213 Å². The zero-order chi connectivity index (χ0) is 26.5. The second kappa shape index (κ2) is 14.7. The van der Waals surface area contributed by atoms with Gasteiger partial charge in [-0.25, -0.2) is 4.39 Å². The number of halogens is 1. The molecule has 0 unspecified atom stereocenters. The number of benzene rings is 1. The molecule has 0 spiro atoms. The summed E-state index contributed by atoms with van der Waals surface area (Å²) in [5.74, 6) is 1.47. The normalized spacial score (nSPS) is 11.9. The average molecular weight is 497 g/mol. The van der Waals surface area contributed by atoms with E-state index in [-0.39, 0.29) is 18.9 Å².